The molecule has 0 aromatic heterocycles. The van der Waals surface area contributed by atoms with Crippen LogP contribution in [0.1, 0.15) is 19.3 Å². The van der Waals surface area contributed by atoms with Gasteiger partial charge < -0.3 is 15.1 Å². The number of rotatable bonds is 4. The summed E-state index contributed by atoms with van der Waals surface area (Å²) in [6, 6.07) is 0.662. The molecule has 2 rings (SSSR count). The van der Waals surface area contributed by atoms with E-state index in [1.54, 1.807) is 0 Å². The molecule has 2 saturated heterocycles. The molecule has 19 heavy (non-hydrogen) atoms. The van der Waals surface area contributed by atoms with Crippen LogP contribution in [0.2, 0.25) is 0 Å². The lowest BCUT2D eigenvalue weighted by Crippen LogP contribution is -2.46. The predicted octanol–water partition coefficient (Wildman–Crippen LogP) is -0.558. The average molecular weight is 271 g/mol. The van der Waals surface area contributed by atoms with Crippen LogP contribution < -0.4 is 0 Å². The highest BCUT2D eigenvalue weighted by atomic mass is 16.3. The summed E-state index contributed by atoms with van der Waals surface area (Å²) in [6.07, 6.45) is 3.70. The molecule has 2 fully saturated rings. The van der Waals surface area contributed by atoms with E-state index in [-0.39, 0.29) is 19.3 Å². The van der Waals surface area contributed by atoms with Crippen LogP contribution >= 0.6 is 0 Å². The van der Waals surface area contributed by atoms with Crippen LogP contribution in [-0.4, -0.2) is 96.5 Å². The van der Waals surface area contributed by atoms with E-state index in [0.29, 0.717) is 0 Å². The van der Waals surface area contributed by atoms with Gasteiger partial charge in [-0.25, -0.2) is 0 Å². The minimum atomic E-state index is -0.0718. The molecular formula is C14H29N3O2. The molecule has 0 aliphatic carbocycles. The summed E-state index contributed by atoms with van der Waals surface area (Å²) in [7, 11) is 2.20. The Hall–Kier alpha value is -0.200. The van der Waals surface area contributed by atoms with Crippen LogP contribution in [0.4, 0.5) is 0 Å². The molecule has 2 aliphatic rings. The Morgan fingerprint density at radius 1 is 0.947 bits per heavy atom. The molecule has 0 unspecified atom stereocenters. The first-order valence-corrected chi connectivity index (χ1v) is 7.63. The van der Waals surface area contributed by atoms with Gasteiger partial charge >= 0.3 is 0 Å². The lowest BCUT2D eigenvalue weighted by atomic mass is 10.0. The van der Waals surface area contributed by atoms with Crippen LogP contribution in [0.5, 0.6) is 0 Å². The van der Waals surface area contributed by atoms with Crippen molar-refractivity contribution in [3.8, 4) is 0 Å². The average Bonchev–Trinajstić information content (AvgIpc) is 2.67. The minimum absolute atomic E-state index is 0.0602. The Morgan fingerprint density at radius 3 is 2.26 bits per heavy atom. The zero-order valence-electron chi connectivity index (χ0n) is 12.2. The van der Waals surface area contributed by atoms with Gasteiger partial charge in [-0.15, -0.1) is 0 Å². The molecule has 0 spiro atoms. The van der Waals surface area contributed by atoms with Gasteiger partial charge in [0.1, 0.15) is 0 Å². The van der Waals surface area contributed by atoms with E-state index < -0.39 is 0 Å². The van der Waals surface area contributed by atoms with Crippen LogP contribution in [0, 0.1) is 0 Å². The molecule has 0 radical (unpaired) electrons. The normalized spacial score (nSPS) is 25.9. The summed E-state index contributed by atoms with van der Waals surface area (Å²) in [6.45, 7) is 6.74. The fourth-order valence-corrected chi connectivity index (χ4v) is 3.34. The fraction of sp³-hybridized carbons (Fsp3) is 1.00. The van der Waals surface area contributed by atoms with Crippen molar-refractivity contribution in [1.29, 1.82) is 0 Å². The van der Waals surface area contributed by atoms with Gasteiger partial charge in [-0.05, 0) is 52.5 Å². The van der Waals surface area contributed by atoms with Gasteiger partial charge in [0.15, 0.2) is 0 Å². The van der Waals surface area contributed by atoms with Crippen molar-refractivity contribution >= 4 is 0 Å². The molecule has 0 atom stereocenters. The zero-order valence-corrected chi connectivity index (χ0v) is 12.2. The van der Waals surface area contributed by atoms with Crippen molar-refractivity contribution < 1.29 is 10.2 Å². The quantitative estimate of drug-likeness (QED) is 0.718. The second-order valence-corrected chi connectivity index (χ2v) is 5.98. The first-order chi connectivity index (χ1) is 9.24. The lowest BCUT2D eigenvalue weighted by Gasteiger charge is -2.37. The second kappa shape index (κ2) is 7.55. The molecule has 0 aromatic carbocycles. The van der Waals surface area contributed by atoms with Gasteiger partial charge in [0.25, 0.3) is 0 Å². The van der Waals surface area contributed by atoms with E-state index >= 15 is 0 Å². The Balaban J connectivity index is 1.82. The summed E-state index contributed by atoms with van der Waals surface area (Å²) in [4.78, 5) is 7.28. The zero-order chi connectivity index (χ0) is 13.7. The third-order valence-electron chi connectivity index (χ3n) is 4.71. The van der Waals surface area contributed by atoms with Crippen LogP contribution in [-0.2, 0) is 0 Å². The molecule has 2 aliphatic heterocycles. The van der Waals surface area contributed by atoms with Crippen LogP contribution in [0.25, 0.3) is 0 Å². The largest absolute Gasteiger partial charge is 0.395 e. The van der Waals surface area contributed by atoms with Crippen molar-refractivity contribution in [3.63, 3.8) is 0 Å². The number of hydrogen-bond acceptors (Lipinski definition) is 5. The Bertz CT molecular complexity index is 253. The predicted molar refractivity (Wildman–Crippen MR) is 76.2 cm³/mol. The first-order valence-electron chi connectivity index (χ1n) is 7.63. The van der Waals surface area contributed by atoms with Crippen molar-refractivity contribution in [1.82, 2.24) is 14.7 Å². The van der Waals surface area contributed by atoms with Gasteiger partial charge in [0.2, 0.25) is 0 Å². The molecule has 2 N–H and O–H groups in total. The van der Waals surface area contributed by atoms with Gasteiger partial charge in [-0.2, -0.15) is 0 Å². The summed E-state index contributed by atoms with van der Waals surface area (Å²) >= 11 is 0. The SMILES string of the molecule is CN1CCC(N2CCCN(C(CO)CO)CC2)CC1. The molecule has 112 valence electrons. The van der Waals surface area contributed by atoms with Gasteiger partial charge in [0.05, 0.1) is 19.3 Å². The molecule has 0 saturated carbocycles. The number of likely N-dealkylation sites (tertiary alicyclic amines) is 1. The minimum Gasteiger partial charge on any atom is -0.395 e. The topological polar surface area (TPSA) is 50.2 Å². The molecule has 0 bridgehead atoms. The number of nitrogens with zero attached hydrogens (tertiary/aromatic N) is 3. The Morgan fingerprint density at radius 2 is 1.63 bits per heavy atom. The second-order valence-electron chi connectivity index (χ2n) is 5.98. The fourth-order valence-electron chi connectivity index (χ4n) is 3.34. The number of aliphatic hydroxyl groups is 2. The monoisotopic (exact) mass is 271 g/mol. The summed E-state index contributed by atoms with van der Waals surface area (Å²) < 4.78 is 0. The third-order valence-corrected chi connectivity index (χ3v) is 4.71. The van der Waals surface area contributed by atoms with E-state index in [0.717, 1.165) is 38.6 Å². The maximum absolute atomic E-state index is 9.29. The van der Waals surface area contributed by atoms with Crippen molar-refractivity contribution in [3.05, 3.63) is 0 Å². The van der Waals surface area contributed by atoms with Crippen molar-refractivity contribution in [2.45, 2.75) is 31.3 Å². The van der Waals surface area contributed by atoms with Crippen LogP contribution in [0.15, 0.2) is 0 Å². The van der Waals surface area contributed by atoms with Gasteiger partial charge in [0, 0.05) is 19.1 Å². The van der Waals surface area contributed by atoms with Crippen LogP contribution in [0.3, 0.4) is 0 Å². The molecule has 5 nitrogen and oxygen atoms in total. The smallest absolute Gasteiger partial charge is 0.0609 e. The number of aliphatic hydroxyl groups excluding tert-OH is 2. The maximum Gasteiger partial charge on any atom is 0.0609 e. The van der Waals surface area contributed by atoms with Gasteiger partial charge in [-0.1, -0.05) is 0 Å². The van der Waals surface area contributed by atoms with E-state index in [1.807, 2.05) is 0 Å². The highest BCUT2D eigenvalue weighted by molar-refractivity contribution is 4.83. The summed E-state index contributed by atoms with van der Waals surface area (Å²) in [5.74, 6) is 0. The molecular weight excluding hydrogens is 242 g/mol. The van der Waals surface area contributed by atoms with E-state index in [2.05, 4.69) is 21.7 Å². The lowest BCUT2D eigenvalue weighted by molar-refractivity contribution is 0.0720. The summed E-state index contributed by atoms with van der Waals surface area (Å²) in [5.41, 5.74) is 0. The number of hydrogen-bond donors (Lipinski definition) is 2. The standard InChI is InChI=1S/C14H29N3O2/c1-15-7-3-13(4-8-15)16-5-2-6-17(10-9-16)14(11-18)12-19/h13-14,18-19H,2-12H2,1H3. The van der Waals surface area contributed by atoms with E-state index in [4.69, 9.17) is 0 Å². The highest BCUT2D eigenvalue weighted by Gasteiger charge is 2.26. The van der Waals surface area contributed by atoms with Gasteiger partial charge in [-0.3, -0.25) is 9.80 Å². The summed E-state index contributed by atoms with van der Waals surface area (Å²) in [5, 5.41) is 18.6. The van der Waals surface area contributed by atoms with E-state index in [9.17, 15) is 10.2 Å². The molecule has 0 aromatic rings. The number of piperidine rings is 1. The maximum atomic E-state index is 9.29. The Labute approximate surface area is 116 Å². The van der Waals surface area contributed by atoms with E-state index in [1.165, 1.54) is 25.9 Å². The first kappa shape index (κ1) is 15.2. The van der Waals surface area contributed by atoms with Crippen molar-refractivity contribution in [2.24, 2.45) is 0 Å². The molecule has 5 heteroatoms. The third kappa shape index (κ3) is 4.13. The Kier molecular flexibility index (Phi) is 6.04. The molecule has 0 amide bonds. The molecule has 2 heterocycles. The highest BCUT2D eigenvalue weighted by Crippen LogP contribution is 2.18. The van der Waals surface area contributed by atoms with Crippen molar-refractivity contribution in [2.75, 3.05) is 59.5 Å².